The van der Waals surface area contributed by atoms with Crippen molar-refractivity contribution < 1.29 is 4.74 Å². The third kappa shape index (κ3) is 4.98. The Kier molecular flexibility index (Phi) is 6.36. The number of anilines is 1. The number of ether oxygens (including phenoxy) is 1. The largest absolute Gasteiger partial charge is 0.490 e. The predicted octanol–water partition coefficient (Wildman–Crippen LogP) is 7.03. The normalized spacial score (nSPS) is 23.2. The third-order valence-electron chi connectivity index (χ3n) is 6.64. The van der Waals surface area contributed by atoms with Gasteiger partial charge in [-0.3, -0.25) is 0 Å². The Labute approximate surface area is 170 Å². The summed E-state index contributed by atoms with van der Waals surface area (Å²) in [7, 11) is 1.94. The number of nitrogens with one attached hydrogen (secondary N) is 1. The molecule has 2 aromatic carbocycles. The Balaban J connectivity index is 1.27. The van der Waals surface area contributed by atoms with E-state index >= 15 is 0 Å². The first-order valence-electron chi connectivity index (χ1n) is 11.0. The Bertz CT molecular complexity index is 748. The van der Waals surface area contributed by atoms with E-state index in [1.54, 1.807) is 0 Å². The van der Waals surface area contributed by atoms with Crippen molar-refractivity contribution in [3.05, 3.63) is 59.7 Å². The van der Waals surface area contributed by atoms with E-state index in [0.717, 1.165) is 23.3 Å². The number of rotatable bonds is 6. The van der Waals surface area contributed by atoms with E-state index in [-0.39, 0.29) is 0 Å². The zero-order valence-electron chi connectivity index (χ0n) is 17.1. The minimum absolute atomic E-state index is 0.407. The second kappa shape index (κ2) is 9.32. The summed E-state index contributed by atoms with van der Waals surface area (Å²) in [5.74, 6) is 3.00. The molecule has 2 aliphatic rings. The predicted molar refractivity (Wildman–Crippen MR) is 120 cm³/mol. The maximum absolute atomic E-state index is 6.28. The highest BCUT2D eigenvalue weighted by atomic mass is 16.5. The van der Waals surface area contributed by atoms with E-state index in [1.165, 1.54) is 62.5 Å². The lowest BCUT2D eigenvalue weighted by Gasteiger charge is -2.32. The van der Waals surface area contributed by atoms with Crippen LogP contribution in [0.5, 0.6) is 5.75 Å². The smallest absolute Gasteiger partial charge is 0.119 e. The molecule has 0 bridgehead atoms. The summed E-state index contributed by atoms with van der Waals surface area (Å²) in [6.45, 7) is 0. The van der Waals surface area contributed by atoms with Gasteiger partial charge in [0.1, 0.15) is 5.75 Å². The minimum atomic E-state index is 0.407. The molecule has 28 heavy (non-hydrogen) atoms. The zero-order chi connectivity index (χ0) is 19.2. The average molecular weight is 376 g/mol. The fourth-order valence-corrected chi connectivity index (χ4v) is 4.91. The molecule has 0 aromatic heterocycles. The lowest BCUT2D eigenvalue weighted by atomic mass is 9.78. The molecule has 0 radical (unpaired) electrons. The van der Waals surface area contributed by atoms with Crippen LogP contribution in [0, 0.1) is 11.8 Å². The van der Waals surface area contributed by atoms with Crippen LogP contribution in [0.1, 0.15) is 62.5 Å². The summed E-state index contributed by atoms with van der Waals surface area (Å²) < 4.78 is 6.28. The van der Waals surface area contributed by atoms with Crippen molar-refractivity contribution in [3.8, 4) is 5.75 Å². The topological polar surface area (TPSA) is 21.3 Å². The number of hydrogen-bond donors (Lipinski definition) is 1. The molecule has 2 aromatic rings. The summed E-state index contributed by atoms with van der Waals surface area (Å²) >= 11 is 0. The van der Waals surface area contributed by atoms with Gasteiger partial charge in [0.15, 0.2) is 0 Å². The Morgan fingerprint density at radius 3 is 1.82 bits per heavy atom. The molecule has 2 saturated carbocycles. The first kappa shape index (κ1) is 19.1. The molecule has 2 fully saturated rings. The molecule has 4 rings (SSSR count). The molecule has 0 amide bonds. The average Bonchev–Trinajstić information content (AvgIpc) is 3.29. The molecule has 2 heteroatoms. The van der Waals surface area contributed by atoms with Crippen molar-refractivity contribution in [1.82, 2.24) is 0 Å². The lowest BCUT2D eigenvalue weighted by molar-refractivity contribution is 0.111. The molecule has 2 aliphatic carbocycles. The maximum atomic E-state index is 6.28. The van der Waals surface area contributed by atoms with Crippen LogP contribution in [0.4, 0.5) is 5.69 Å². The molecular weight excluding hydrogens is 342 g/mol. The van der Waals surface area contributed by atoms with Gasteiger partial charge in [-0.05, 0) is 72.9 Å². The molecule has 2 nitrogen and oxygen atoms in total. The van der Waals surface area contributed by atoms with Crippen molar-refractivity contribution in [3.63, 3.8) is 0 Å². The fourth-order valence-electron chi connectivity index (χ4n) is 4.91. The van der Waals surface area contributed by atoms with Gasteiger partial charge in [-0.2, -0.15) is 0 Å². The van der Waals surface area contributed by atoms with Crippen LogP contribution in [-0.4, -0.2) is 13.2 Å². The van der Waals surface area contributed by atoms with Gasteiger partial charge in [0.05, 0.1) is 6.10 Å². The molecule has 0 aliphatic heterocycles. The second-order valence-electron chi connectivity index (χ2n) is 8.47. The summed E-state index contributed by atoms with van der Waals surface area (Å²) in [4.78, 5) is 0. The van der Waals surface area contributed by atoms with Crippen LogP contribution in [0.2, 0.25) is 0 Å². The van der Waals surface area contributed by atoms with E-state index in [9.17, 15) is 0 Å². The maximum Gasteiger partial charge on any atom is 0.119 e. The molecule has 0 saturated heterocycles. The summed E-state index contributed by atoms with van der Waals surface area (Å²) in [5, 5.41) is 3.15. The first-order valence-corrected chi connectivity index (χ1v) is 11.0. The van der Waals surface area contributed by atoms with Crippen LogP contribution in [0.3, 0.4) is 0 Å². The van der Waals surface area contributed by atoms with Crippen LogP contribution < -0.4 is 10.1 Å². The van der Waals surface area contributed by atoms with Crippen molar-refractivity contribution in [2.75, 3.05) is 12.4 Å². The fraction of sp³-hybridized carbons (Fsp3) is 0.462. The monoisotopic (exact) mass is 375 g/mol. The molecule has 0 atom stereocenters. The van der Waals surface area contributed by atoms with Gasteiger partial charge in [-0.15, -0.1) is 0 Å². The highest BCUT2D eigenvalue weighted by Crippen LogP contribution is 2.40. The van der Waals surface area contributed by atoms with Crippen LogP contribution >= 0.6 is 0 Å². The number of hydrogen-bond acceptors (Lipinski definition) is 2. The lowest BCUT2D eigenvalue weighted by Crippen LogP contribution is -2.27. The van der Waals surface area contributed by atoms with Crippen LogP contribution in [-0.2, 0) is 0 Å². The van der Waals surface area contributed by atoms with Gasteiger partial charge < -0.3 is 10.1 Å². The van der Waals surface area contributed by atoms with Crippen molar-refractivity contribution >= 4 is 17.8 Å². The molecule has 148 valence electrons. The van der Waals surface area contributed by atoms with E-state index in [1.807, 2.05) is 7.05 Å². The van der Waals surface area contributed by atoms with E-state index in [4.69, 9.17) is 4.74 Å². The van der Waals surface area contributed by atoms with Gasteiger partial charge in [0.25, 0.3) is 0 Å². The van der Waals surface area contributed by atoms with E-state index < -0.39 is 0 Å². The Hall–Kier alpha value is -2.22. The third-order valence-corrected chi connectivity index (χ3v) is 6.64. The SMILES string of the molecule is CNc1ccc(/C=C/c2ccc(OC3CCC(C4CCCC4)CC3)cc2)cc1. The summed E-state index contributed by atoms with van der Waals surface area (Å²) in [5.41, 5.74) is 3.55. The molecule has 0 heterocycles. The Morgan fingerprint density at radius 2 is 1.25 bits per heavy atom. The van der Waals surface area contributed by atoms with Gasteiger partial charge in [-0.1, -0.05) is 62.1 Å². The van der Waals surface area contributed by atoms with Gasteiger partial charge in [0, 0.05) is 12.7 Å². The van der Waals surface area contributed by atoms with Crippen molar-refractivity contribution in [2.45, 2.75) is 57.5 Å². The zero-order valence-corrected chi connectivity index (χ0v) is 17.1. The van der Waals surface area contributed by atoms with Crippen molar-refractivity contribution in [1.29, 1.82) is 0 Å². The van der Waals surface area contributed by atoms with Gasteiger partial charge in [0.2, 0.25) is 0 Å². The molecule has 0 spiro atoms. The van der Waals surface area contributed by atoms with E-state index in [0.29, 0.717) is 6.10 Å². The van der Waals surface area contributed by atoms with Gasteiger partial charge in [-0.25, -0.2) is 0 Å². The molecular formula is C26H33NO. The Morgan fingerprint density at radius 1 is 0.714 bits per heavy atom. The minimum Gasteiger partial charge on any atom is -0.490 e. The van der Waals surface area contributed by atoms with Gasteiger partial charge >= 0.3 is 0 Å². The molecule has 0 unspecified atom stereocenters. The first-order chi connectivity index (χ1) is 13.8. The highest BCUT2D eigenvalue weighted by molar-refractivity contribution is 5.70. The number of benzene rings is 2. The van der Waals surface area contributed by atoms with E-state index in [2.05, 4.69) is 66.0 Å². The standard InChI is InChI=1S/C26H33NO/c1-27-24-14-8-20(9-15-24)6-7-21-10-16-25(17-11-21)28-26-18-12-23(13-19-26)22-4-2-3-5-22/h6-11,14-17,22-23,26-27H,2-5,12-13,18-19H2,1H3/b7-6+. The quantitative estimate of drug-likeness (QED) is 0.547. The van der Waals surface area contributed by atoms with Crippen molar-refractivity contribution in [2.24, 2.45) is 11.8 Å². The van der Waals surface area contributed by atoms with Crippen LogP contribution in [0.25, 0.3) is 12.2 Å². The summed E-state index contributed by atoms with van der Waals surface area (Å²) in [6, 6.07) is 17.0. The molecule has 1 N–H and O–H groups in total. The summed E-state index contributed by atoms with van der Waals surface area (Å²) in [6.07, 6.45) is 15.8. The highest BCUT2D eigenvalue weighted by Gasteiger charge is 2.29. The second-order valence-corrected chi connectivity index (χ2v) is 8.47. The van der Waals surface area contributed by atoms with Crippen LogP contribution in [0.15, 0.2) is 48.5 Å².